The van der Waals surface area contributed by atoms with Crippen LogP contribution >= 0.6 is 15.9 Å². The van der Waals surface area contributed by atoms with Crippen molar-refractivity contribution in [3.05, 3.63) is 58.6 Å². The summed E-state index contributed by atoms with van der Waals surface area (Å²) in [6.07, 6.45) is 0.366. The Morgan fingerprint density at radius 1 is 1.09 bits per heavy atom. The number of nitrogens with zero attached hydrogens (tertiary/aromatic N) is 1. The highest BCUT2D eigenvalue weighted by atomic mass is 79.9. The first-order chi connectivity index (χ1) is 11.2. The van der Waals surface area contributed by atoms with Gasteiger partial charge in [0.2, 0.25) is 5.91 Å². The standard InChI is InChI=1S/C18H19BrN2O2/c19-16-3-1-2-4-17(16)20-18(22)13-14-5-7-15(8-6-14)21-9-11-23-12-10-21/h1-8H,9-13H2,(H,20,22). The summed E-state index contributed by atoms with van der Waals surface area (Å²) in [5, 5.41) is 2.92. The molecule has 1 fully saturated rings. The number of hydrogen-bond donors (Lipinski definition) is 1. The highest BCUT2D eigenvalue weighted by molar-refractivity contribution is 9.10. The predicted octanol–water partition coefficient (Wildman–Crippen LogP) is 3.47. The lowest BCUT2D eigenvalue weighted by atomic mass is 10.1. The molecule has 0 atom stereocenters. The second-order valence-corrected chi connectivity index (χ2v) is 6.33. The van der Waals surface area contributed by atoms with Gasteiger partial charge in [0.15, 0.2) is 0 Å². The Morgan fingerprint density at radius 3 is 2.48 bits per heavy atom. The van der Waals surface area contributed by atoms with E-state index in [9.17, 15) is 4.79 Å². The van der Waals surface area contributed by atoms with Crippen molar-refractivity contribution < 1.29 is 9.53 Å². The van der Waals surface area contributed by atoms with Gasteiger partial charge in [0.05, 0.1) is 25.3 Å². The number of amides is 1. The number of halogens is 1. The number of carbonyl (C=O) groups excluding carboxylic acids is 1. The zero-order chi connectivity index (χ0) is 16.1. The molecule has 0 radical (unpaired) electrons. The van der Waals surface area contributed by atoms with Crippen LogP contribution in [0, 0.1) is 0 Å². The van der Waals surface area contributed by atoms with Gasteiger partial charge in [-0.25, -0.2) is 0 Å². The van der Waals surface area contributed by atoms with E-state index in [-0.39, 0.29) is 5.91 Å². The summed E-state index contributed by atoms with van der Waals surface area (Å²) >= 11 is 3.43. The van der Waals surface area contributed by atoms with E-state index in [1.807, 2.05) is 36.4 Å². The van der Waals surface area contributed by atoms with Crippen molar-refractivity contribution in [2.75, 3.05) is 36.5 Å². The minimum atomic E-state index is -0.0176. The van der Waals surface area contributed by atoms with Crippen LogP contribution in [0.5, 0.6) is 0 Å². The third kappa shape index (κ3) is 4.33. The van der Waals surface area contributed by atoms with Crippen molar-refractivity contribution in [3.8, 4) is 0 Å². The van der Waals surface area contributed by atoms with Crippen LogP contribution in [0.1, 0.15) is 5.56 Å². The maximum absolute atomic E-state index is 12.2. The zero-order valence-electron chi connectivity index (χ0n) is 12.8. The van der Waals surface area contributed by atoms with Crippen molar-refractivity contribution in [3.63, 3.8) is 0 Å². The average molecular weight is 375 g/mol. The molecule has 0 aromatic heterocycles. The number of ether oxygens (including phenoxy) is 1. The SMILES string of the molecule is O=C(Cc1ccc(N2CCOCC2)cc1)Nc1ccccc1Br. The van der Waals surface area contributed by atoms with Crippen molar-refractivity contribution in [1.29, 1.82) is 0 Å². The third-order valence-corrected chi connectivity index (χ3v) is 4.52. The van der Waals surface area contributed by atoms with E-state index in [0.29, 0.717) is 6.42 Å². The molecule has 5 heteroatoms. The normalized spacial score (nSPS) is 14.6. The number of nitrogens with one attached hydrogen (secondary N) is 1. The van der Waals surface area contributed by atoms with Crippen molar-refractivity contribution in [1.82, 2.24) is 0 Å². The monoisotopic (exact) mass is 374 g/mol. The van der Waals surface area contributed by atoms with E-state index in [1.54, 1.807) is 0 Å². The maximum Gasteiger partial charge on any atom is 0.228 e. The molecule has 0 bridgehead atoms. The molecule has 0 unspecified atom stereocenters. The summed E-state index contributed by atoms with van der Waals surface area (Å²) in [6, 6.07) is 15.8. The highest BCUT2D eigenvalue weighted by Gasteiger charge is 2.11. The Bertz CT molecular complexity index is 667. The molecule has 0 spiro atoms. The van der Waals surface area contributed by atoms with Gasteiger partial charge in [-0.15, -0.1) is 0 Å². The van der Waals surface area contributed by atoms with Gasteiger partial charge in [0.25, 0.3) is 0 Å². The van der Waals surface area contributed by atoms with Gasteiger partial charge in [-0.1, -0.05) is 24.3 Å². The molecule has 1 amide bonds. The molecule has 1 aliphatic rings. The van der Waals surface area contributed by atoms with Crippen LogP contribution in [0.4, 0.5) is 11.4 Å². The van der Waals surface area contributed by atoms with E-state index in [2.05, 4.69) is 38.3 Å². The molecule has 1 heterocycles. The first-order valence-corrected chi connectivity index (χ1v) is 8.48. The largest absolute Gasteiger partial charge is 0.378 e. The third-order valence-electron chi connectivity index (χ3n) is 3.83. The molecule has 1 saturated heterocycles. The van der Waals surface area contributed by atoms with Crippen LogP contribution in [0.3, 0.4) is 0 Å². The Balaban J connectivity index is 1.59. The van der Waals surface area contributed by atoms with Crippen molar-refractivity contribution >= 4 is 33.2 Å². The number of carbonyl (C=O) groups is 1. The minimum absolute atomic E-state index is 0.0176. The molecule has 1 aliphatic heterocycles. The quantitative estimate of drug-likeness (QED) is 0.890. The van der Waals surface area contributed by atoms with E-state index >= 15 is 0 Å². The van der Waals surface area contributed by atoms with Gasteiger partial charge in [-0.2, -0.15) is 0 Å². The Labute approximate surface area is 144 Å². The lowest BCUT2D eigenvalue weighted by Crippen LogP contribution is -2.36. The topological polar surface area (TPSA) is 41.6 Å². The summed E-state index contributed by atoms with van der Waals surface area (Å²) < 4.78 is 6.25. The second-order valence-electron chi connectivity index (χ2n) is 5.47. The molecule has 0 aliphatic carbocycles. The molecule has 3 rings (SSSR count). The van der Waals surface area contributed by atoms with E-state index < -0.39 is 0 Å². The molecular formula is C18H19BrN2O2. The first-order valence-electron chi connectivity index (χ1n) is 7.68. The molecule has 2 aromatic rings. The lowest BCUT2D eigenvalue weighted by molar-refractivity contribution is -0.115. The molecule has 120 valence electrons. The Kier molecular flexibility index (Phi) is 5.31. The summed E-state index contributed by atoms with van der Waals surface area (Å²) in [5.41, 5.74) is 2.98. The maximum atomic E-state index is 12.2. The van der Waals surface area contributed by atoms with Gasteiger partial charge in [-0.05, 0) is 45.8 Å². The van der Waals surface area contributed by atoms with Crippen LogP contribution in [0.2, 0.25) is 0 Å². The second kappa shape index (κ2) is 7.62. The van der Waals surface area contributed by atoms with Crippen molar-refractivity contribution in [2.45, 2.75) is 6.42 Å². The smallest absolute Gasteiger partial charge is 0.228 e. The molecule has 0 saturated carbocycles. The molecule has 4 nitrogen and oxygen atoms in total. The number of anilines is 2. The fraction of sp³-hybridized carbons (Fsp3) is 0.278. The van der Waals surface area contributed by atoms with E-state index in [1.165, 1.54) is 5.69 Å². The summed E-state index contributed by atoms with van der Waals surface area (Å²) in [4.78, 5) is 14.5. The highest BCUT2D eigenvalue weighted by Crippen LogP contribution is 2.22. The van der Waals surface area contributed by atoms with E-state index in [0.717, 1.165) is 42.0 Å². The number of rotatable bonds is 4. The molecule has 2 aromatic carbocycles. The van der Waals surface area contributed by atoms with Crippen LogP contribution < -0.4 is 10.2 Å². The number of para-hydroxylation sites is 1. The fourth-order valence-electron chi connectivity index (χ4n) is 2.59. The molecular weight excluding hydrogens is 356 g/mol. The number of benzene rings is 2. The van der Waals surface area contributed by atoms with Gasteiger partial charge in [0, 0.05) is 23.2 Å². The summed E-state index contributed by atoms with van der Waals surface area (Å²) in [5.74, 6) is -0.0176. The minimum Gasteiger partial charge on any atom is -0.378 e. The van der Waals surface area contributed by atoms with Crippen LogP contribution in [-0.2, 0) is 16.0 Å². The summed E-state index contributed by atoms with van der Waals surface area (Å²) in [7, 11) is 0. The Morgan fingerprint density at radius 2 is 1.78 bits per heavy atom. The van der Waals surface area contributed by atoms with Gasteiger partial charge in [-0.3, -0.25) is 4.79 Å². The number of hydrogen-bond acceptors (Lipinski definition) is 3. The van der Waals surface area contributed by atoms with Crippen LogP contribution in [-0.4, -0.2) is 32.2 Å². The summed E-state index contributed by atoms with van der Waals surface area (Å²) in [6.45, 7) is 3.38. The molecule has 23 heavy (non-hydrogen) atoms. The van der Waals surface area contributed by atoms with Gasteiger partial charge in [0.1, 0.15) is 0 Å². The number of morpholine rings is 1. The zero-order valence-corrected chi connectivity index (χ0v) is 14.4. The average Bonchev–Trinajstić information content (AvgIpc) is 2.58. The van der Waals surface area contributed by atoms with E-state index in [4.69, 9.17) is 4.74 Å². The fourth-order valence-corrected chi connectivity index (χ4v) is 2.97. The van der Waals surface area contributed by atoms with Gasteiger partial charge < -0.3 is 15.0 Å². The first kappa shape index (κ1) is 16.0. The van der Waals surface area contributed by atoms with Crippen LogP contribution in [0.15, 0.2) is 53.0 Å². The molecule has 1 N–H and O–H groups in total. The van der Waals surface area contributed by atoms with Crippen LogP contribution in [0.25, 0.3) is 0 Å². The Hall–Kier alpha value is -1.85. The predicted molar refractivity (Wildman–Crippen MR) is 95.9 cm³/mol. The van der Waals surface area contributed by atoms with Crippen molar-refractivity contribution in [2.24, 2.45) is 0 Å². The van der Waals surface area contributed by atoms with Gasteiger partial charge >= 0.3 is 0 Å². The lowest BCUT2D eigenvalue weighted by Gasteiger charge is -2.28.